The maximum Gasteiger partial charge on any atom is 1.00 e. The van der Waals surface area contributed by atoms with Crippen molar-refractivity contribution < 1.29 is 47.6 Å². The zero-order valence-electron chi connectivity index (χ0n) is 14.0. The Morgan fingerprint density at radius 3 is 1.67 bits per heavy atom. The van der Waals surface area contributed by atoms with Crippen LogP contribution in [0, 0.1) is 0 Å². The number of hydrogen-bond donors (Lipinski definition) is 1. The van der Waals surface area contributed by atoms with Gasteiger partial charge in [-0.05, 0) is 13.3 Å². The Bertz CT molecular complexity index is 320. The third kappa shape index (κ3) is 14.2. The van der Waals surface area contributed by atoms with Gasteiger partial charge in [-0.2, -0.15) is 0 Å². The first kappa shape index (κ1) is 24.1. The van der Waals surface area contributed by atoms with Crippen LogP contribution in [0.25, 0.3) is 0 Å². The summed E-state index contributed by atoms with van der Waals surface area (Å²) < 4.78 is 32.2. The van der Waals surface area contributed by atoms with Gasteiger partial charge in [-0.3, -0.25) is 0 Å². The molecule has 6 heteroatoms. The van der Waals surface area contributed by atoms with Gasteiger partial charge in [0.15, 0.2) is 0 Å². The van der Waals surface area contributed by atoms with Crippen LogP contribution in [-0.2, 0) is 10.1 Å². The minimum atomic E-state index is -4.36. The van der Waals surface area contributed by atoms with E-state index < -0.39 is 21.5 Å². The summed E-state index contributed by atoms with van der Waals surface area (Å²) in [5.74, 6) is 0. The van der Waals surface area contributed by atoms with Crippen LogP contribution >= 0.6 is 0 Å². The number of hydrogen-bond acceptors (Lipinski definition) is 4. The van der Waals surface area contributed by atoms with Gasteiger partial charge in [-0.15, -0.1) is 0 Å². The van der Waals surface area contributed by atoms with E-state index in [1.807, 2.05) is 0 Å². The summed E-state index contributed by atoms with van der Waals surface area (Å²) in [4.78, 5) is 0. The number of rotatable bonds is 13. The normalized spacial score (nSPS) is 14.5. The van der Waals surface area contributed by atoms with Crippen LogP contribution in [0.15, 0.2) is 0 Å². The fourth-order valence-corrected chi connectivity index (χ4v) is 2.79. The summed E-state index contributed by atoms with van der Waals surface area (Å²) in [5, 5.41) is 8.40. The largest absolute Gasteiger partial charge is 1.00 e. The van der Waals surface area contributed by atoms with E-state index in [2.05, 4.69) is 6.92 Å². The molecule has 0 spiro atoms. The zero-order chi connectivity index (χ0) is 15.4. The van der Waals surface area contributed by atoms with Crippen LogP contribution in [0.4, 0.5) is 0 Å². The number of unbranched alkanes of at least 4 members (excludes halogenated alkanes) is 9. The van der Waals surface area contributed by atoms with Crippen LogP contribution in [0.2, 0.25) is 0 Å². The minimum Gasteiger partial charge on any atom is -0.748 e. The summed E-state index contributed by atoms with van der Waals surface area (Å²) in [6.45, 7) is 3.50. The van der Waals surface area contributed by atoms with Crippen molar-refractivity contribution in [3.8, 4) is 0 Å². The zero-order valence-corrected chi connectivity index (χ0v) is 16.8. The van der Waals surface area contributed by atoms with E-state index in [0.717, 1.165) is 19.3 Å². The first-order valence-corrected chi connectivity index (χ1v) is 9.49. The van der Waals surface area contributed by atoms with Crippen LogP contribution < -0.4 is 29.6 Å². The smallest absolute Gasteiger partial charge is 0.748 e. The SMILES string of the molecule is CCCCCCCCCCCCC(O)C(C)S(=O)(=O)[O-].[Na+]. The second kappa shape index (κ2) is 14.5. The Hall–Kier alpha value is 0.870. The number of aliphatic hydroxyl groups excluding tert-OH is 1. The standard InChI is InChI=1S/C15H32O4S.Na/c1-3-4-5-6-7-8-9-10-11-12-13-15(16)14(2)20(17,18)19;/h14-16H,3-13H2,1-2H3,(H,17,18,19);/q;+1/p-1. The van der Waals surface area contributed by atoms with Gasteiger partial charge < -0.3 is 9.66 Å². The predicted molar refractivity (Wildman–Crippen MR) is 81.6 cm³/mol. The average molecular weight is 330 g/mol. The van der Waals surface area contributed by atoms with Crippen molar-refractivity contribution in [2.75, 3.05) is 0 Å². The summed E-state index contributed by atoms with van der Waals surface area (Å²) in [5.41, 5.74) is 0. The van der Waals surface area contributed by atoms with Gasteiger partial charge in [0.1, 0.15) is 0 Å². The van der Waals surface area contributed by atoms with Crippen molar-refractivity contribution >= 4 is 10.1 Å². The van der Waals surface area contributed by atoms with Gasteiger partial charge in [-0.25, -0.2) is 8.42 Å². The summed E-state index contributed by atoms with van der Waals surface area (Å²) in [7, 11) is -4.36. The maximum atomic E-state index is 10.7. The molecule has 0 saturated heterocycles. The average Bonchev–Trinajstić information content (AvgIpc) is 2.38. The molecule has 122 valence electrons. The molecule has 0 aliphatic heterocycles. The molecular formula is C15H31NaO4S. The molecule has 2 atom stereocenters. The Kier molecular flexibility index (Phi) is 16.6. The van der Waals surface area contributed by atoms with Gasteiger partial charge in [0, 0.05) is 0 Å². The Morgan fingerprint density at radius 2 is 1.29 bits per heavy atom. The van der Waals surface area contributed by atoms with E-state index in [9.17, 15) is 18.1 Å². The summed E-state index contributed by atoms with van der Waals surface area (Å²) in [6.07, 6.45) is 11.3. The number of aliphatic hydroxyl groups is 1. The quantitative estimate of drug-likeness (QED) is 0.305. The molecule has 2 unspecified atom stereocenters. The summed E-state index contributed by atoms with van der Waals surface area (Å²) >= 11 is 0. The molecule has 0 aliphatic carbocycles. The fraction of sp³-hybridized carbons (Fsp3) is 1.00. The molecule has 0 fully saturated rings. The van der Waals surface area contributed by atoms with E-state index in [0.29, 0.717) is 6.42 Å². The molecule has 0 saturated carbocycles. The Labute approximate surface area is 153 Å². The first-order valence-electron chi connectivity index (χ1n) is 8.02. The summed E-state index contributed by atoms with van der Waals surface area (Å²) in [6, 6.07) is 0. The van der Waals surface area contributed by atoms with Crippen LogP contribution in [0.5, 0.6) is 0 Å². The Balaban J connectivity index is 0. The molecule has 0 rings (SSSR count). The second-order valence-electron chi connectivity index (χ2n) is 5.74. The van der Waals surface area contributed by atoms with Gasteiger partial charge in [0.25, 0.3) is 0 Å². The molecule has 0 radical (unpaired) electrons. The topological polar surface area (TPSA) is 77.4 Å². The molecule has 0 aromatic rings. The van der Waals surface area contributed by atoms with Crippen molar-refractivity contribution in [2.45, 2.75) is 95.8 Å². The maximum absolute atomic E-state index is 10.7. The van der Waals surface area contributed by atoms with Gasteiger partial charge in [-0.1, -0.05) is 71.1 Å². The van der Waals surface area contributed by atoms with Crippen LogP contribution in [0.3, 0.4) is 0 Å². The van der Waals surface area contributed by atoms with Crippen molar-refractivity contribution in [1.82, 2.24) is 0 Å². The molecule has 0 amide bonds. The van der Waals surface area contributed by atoms with Crippen LogP contribution in [0.1, 0.15) is 84.5 Å². The van der Waals surface area contributed by atoms with Crippen molar-refractivity contribution in [2.24, 2.45) is 0 Å². The van der Waals surface area contributed by atoms with E-state index in [4.69, 9.17) is 0 Å². The monoisotopic (exact) mass is 330 g/mol. The molecule has 21 heavy (non-hydrogen) atoms. The minimum absolute atomic E-state index is 0. The third-order valence-electron chi connectivity index (χ3n) is 3.85. The molecule has 0 heterocycles. The van der Waals surface area contributed by atoms with Gasteiger partial charge in [0.2, 0.25) is 0 Å². The second-order valence-corrected chi connectivity index (χ2v) is 7.47. The van der Waals surface area contributed by atoms with Gasteiger partial charge in [0.05, 0.1) is 21.5 Å². The molecular weight excluding hydrogens is 299 g/mol. The van der Waals surface area contributed by atoms with Crippen molar-refractivity contribution in [3.63, 3.8) is 0 Å². The predicted octanol–water partition coefficient (Wildman–Crippen LogP) is 0.596. The third-order valence-corrected chi connectivity index (χ3v) is 5.08. The van der Waals surface area contributed by atoms with Crippen molar-refractivity contribution in [1.29, 1.82) is 0 Å². The molecule has 4 nitrogen and oxygen atoms in total. The van der Waals surface area contributed by atoms with E-state index in [-0.39, 0.29) is 29.6 Å². The molecule has 1 N–H and O–H groups in total. The van der Waals surface area contributed by atoms with Gasteiger partial charge >= 0.3 is 29.6 Å². The van der Waals surface area contributed by atoms with E-state index in [1.54, 1.807) is 0 Å². The molecule has 0 bridgehead atoms. The van der Waals surface area contributed by atoms with Crippen molar-refractivity contribution in [3.05, 3.63) is 0 Å². The fourth-order valence-electron chi connectivity index (χ4n) is 2.27. The van der Waals surface area contributed by atoms with Crippen LogP contribution in [-0.4, -0.2) is 29.4 Å². The molecule has 0 aliphatic rings. The Morgan fingerprint density at radius 1 is 0.905 bits per heavy atom. The van der Waals surface area contributed by atoms with E-state index in [1.165, 1.54) is 51.9 Å². The van der Waals surface area contributed by atoms with E-state index >= 15 is 0 Å². The molecule has 0 aromatic carbocycles. The molecule has 0 aromatic heterocycles. The first-order chi connectivity index (χ1) is 9.39.